The van der Waals surface area contributed by atoms with Crippen molar-refractivity contribution in [3.8, 4) is 11.4 Å². The second-order valence-corrected chi connectivity index (χ2v) is 12.1. The largest absolute Gasteiger partial charge is 0.456 e. The van der Waals surface area contributed by atoms with E-state index < -0.39 is 0 Å². The van der Waals surface area contributed by atoms with E-state index in [1.54, 1.807) is 0 Å². The zero-order valence-corrected chi connectivity index (χ0v) is 24.6. The molecule has 0 spiro atoms. The average molecular weight is 589 g/mol. The van der Waals surface area contributed by atoms with Gasteiger partial charge in [-0.2, -0.15) is 0 Å². The van der Waals surface area contributed by atoms with E-state index in [-0.39, 0.29) is 0 Å². The number of para-hydroxylation sites is 4. The van der Waals surface area contributed by atoms with Gasteiger partial charge in [-0.25, -0.2) is 0 Å². The van der Waals surface area contributed by atoms with E-state index in [1.807, 2.05) is 24.3 Å². The number of aromatic nitrogens is 2. The summed E-state index contributed by atoms with van der Waals surface area (Å²) in [5.74, 6) is 0. The number of hydrogen-bond donors (Lipinski definition) is 0. The fourth-order valence-electron chi connectivity index (χ4n) is 7.76. The first kappa shape index (κ1) is 24.1. The van der Waals surface area contributed by atoms with Crippen LogP contribution < -0.4 is 0 Å². The smallest absolute Gasteiger partial charge is 0.137 e. The summed E-state index contributed by atoms with van der Waals surface area (Å²) >= 11 is 0. The van der Waals surface area contributed by atoms with Crippen LogP contribution in [0.2, 0.25) is 0 Å². The van der Waals surface area contributed by atoms with Crippen LogP contribution in [0.5, 0.6) is 0 Å². The Labute approximate surface area is 261 Å². The first-order valence-corrected chi connectivity index (χ1v) is 15.6. The number of hydrogen-bond acceptors (Lipinski definition) is 2. The van der Waals surface area contributed by atoms with Crippen LogP contribution in [-0.4, -0.2) is 9.13 Å². The Bertz CT molecular complexity index is 3040. The van der Waals surface area contributed by atoms with Gasteiger partial charge in [-0.05, 0) is 60.7 Å². The third-order valence-corrected chi connectivity index (χ3v) is 9.71. The van der Waals surface area contributed by atoms with Crippen molar-refractivity contribution >= 4 is 87.5 Å². The molecule has 0 saturated carbocycles. The minimum Gasteiger partial charge on any atom is -0.456 e. The van der Waals surface area contributed by atoms with Crippen molar-refractivity contribution in [1.82, 2.24) is 9.13 Å². The molecule has 0 bridgehead atoms. The molecule has 11 aromatic rings. The maximum absolute atomic E-state index is 6.37. The van der Waals surface area contributed by atoms with E-state index in [9.17, 15) is 0 Å². The average Bonchev–Trinajstić information content (AvgIpc) is 3.85. The van der Waals surface area contributed by atoms with Gasteiger partial charge in [0.15, 0.2) is 0 Å². The fourth-order valence-corrected chi connectivity index (χ4v) is 7.76. The summed E-state index contributed by atoms with van der Waals surface area (Å²) in [6.45, 7) is 0. The van der Waals surface area contributed by atoms with Crippen LogP contribution in [0.25, 0.3) is 98.9 Å². The molecule has 0 N–H and O–H groups in total. The summed E-state index contributed by atoms with van der Waals surface area (Å²) in [7, 11) is 0. The zero-order valence-electron chi connectivity index (χ0n) is 24.6. The molecule has 0 amide bonds. The highest BCUT2D eigenvalue weighted by molar-refractivity contribution is 6.26. The van der Waals surface area contributed by atoms with Gasteiger partial charge in [-0.15, -0.1) is 0 Å². The van der Waals surface area contributed by atoms with Crippen LogP contribution >= 0.6 is 0 Å². The van der Waals surface area contributed by atoms with Crippen LogP contribution in [-0.2, 0) is 0 Å². The lowest BCUT2D eigenvalue weighted by Gasteiger charge is -2.10. The van der Waals surface area contributed by atoms with Crippen LogP contribution in [0, 0.1) is 0 Å². The zero-order chi connectivity index (χ0) is 29.9. The number of rotatable bonds is 2. The normalized spacial score (nSPS) is 12.3. The van der Waals surface area contributed by atoms with Gasteiger partial charge in [0.05, 0.1) is 22.1 Å². The van der Waals surface area contributed by atoms with E-state index >= 15 is 0 Å². The number of nitrogens with zero attached hydrogens (tertiary/aromatic N) is 2. The Kier molecular flexibility index (Phi) is 4.55. The molecule has 214 valence electrons. The Hall–Kier alpha value is -6.26. The predicted molar refractivity (Wildman–Crippen MR) is 190 cm³/mol. The van der Waals surface area contributed by atoms with Crippen molar-refractivity contribution < 1.29 is 8.83 Å². The Balaban J connectivity index is 1.27. The van der Waals surface area contributed by atoms with Crippen molar-refractivity contribution in [2.75, 3.05) is 0 Å². The molecule has 11 rings (SSSR count). The van der Waals surface area contributed by atoms with Crippen molar-refractivity contribution in [3.63, 3.8) is 0 Å². The van der Waals surface area contributed by atoms with Gasteiger partial charge < -0.3 is 18.0 Å². The standard InChI is InChI=1S/C42H24N2O2/c1-5-13-34-27(9-1)31-20-21-36-41(42(31)44(34)26-17-19-30-28-10-3-7-15-37(28)46-40(30)24-26)32-12-2-6-14-35(32)43(36)25-18-22-39-33(23-25)29-11-4-8-16-38(29)45-39/h1-24H. The van der Waals surface area contributed by atoms with Crippen molar-refractivity contribution in [3.05, 3.63) is 146 Å². The van der Waals surface area contributed by atoms with Gasteiger partial charge in [0.1, 0.15) is 22.3 Å². The second kappa shape index (κ2) is 8.68. The van der Waals surface area contributed by atoms with E-state index in [0.717, 1.165) is 60.8 Å². The molecule has 46 heavy (non-hydrogen) atoms. The number of benzene rings is 7. The van der Waals surface area contributed by atoms with Gasteiger partial charge in [0.25, 0.3) is 0 Å². The Morgan fingerprint density at radius 1 is 0.326 bits per heavy atom. The highest BCUT2D eigenvalue weighted by Gasteiger charge is 2.21. The molecule has 0 saturated heterocycles. The van der Waals surface area contributed by atoms with Crippen LogP contribution in [0.3, 0.4) is 0 Å². The molecule has 0 aliphatic carbocycles. The van der Waals surface area contributed by atoms with E-state index in [0.29, 0.717) is 0 Å². The van der Waals surface area contributed by atoms with Crippen LogP contribution in [0.1, 0.15) is 0 Å². The third-order valence-electron chi connectivity index (χ3n) is 9.71. The minimum absolute atomic E-state index is 0.889. The van der Waals surface area contributed by atoms with E-state index in [2.05, 4.69) is 130 Å². The highest BCUT2D eigenvalue weighted by Crippen LogP contribution is 2.43. The molecule has 0 atom stereocenters. The van der Waals surface area contributed by atoms with Crippen LogP contribution in [0.4, 0.5) is 0 Å². The van der Waals surface area contributed by atoms with Gasteiger partial charge in [-0.3, -0.25) is 0 Å². The van der Waals surface area contributed by atoms with E-state index in [1.165, 1.54) is 38.1 Å². The lowest BCUT2D eigenvalue weighted by molar-refractivity contribution is 0.668. The molecule has 4 heteroatoms. The first-order chi connectivity index (χ1) is 22.8. The lowest BCUT2D eigenvalue weighted by Crippen LogP contribution is -1.95. The molecular weight excluding hydrogens is 564 g/mol. The summed E-state index contributed by atoms with van der Waals surface area (Å²) in [6.07, 6.45) is 0. The Morgan fingerprint density at radius 3 is 1.67 bits per heavy atom. The lowest BCUT2D eigenvalue weighted by atomic mass is 10.1. The fraction of sp³-hybridized carbons (Fsp3) is 0. The summed E-state index contributed by atoms with van der Waals surface area (Å²) in [4.78, 5) is 0. The highest BCUT2D eigenvalue weighted by atomic mass is 16.3. The Morgan fingerprint density at radius 2 is 0.870 bits per heavy atom. The second-order valence-electron chi connectivity index (χ2n) is 12.1. The number of fused-ring (bicyclic) bond motifs is 13. The SMILES string of the molecule is c1ccc2c(c1)oc1cc(-n3c4ccccc4c4ccc5c(c6ccccc6n5-c5ccc6oc7ccccc7c6c5)c43)ccc12. The minimum atomic E-state index is 0.889. The van der Waals surface area contributed by atoms with Crippen LogP contribution in [0.15, 0.2) is 154 Å². The summed E-state index contributed by atoms with van der Waals surface area (Å²) < 4.78 is 17.4. The summed E-state index contributed by atoms with van der Waals surface area (Å²) in [5.41, 5.74) is 10.5. The summed E-state index contributed by atoms with van der Waals surface area (Å²) in [6, 6.07) is 51.7. The number of furan rings is 2. The molecule has 4 nitrogen and oxygen atoms in total. The monoisotopic (exact) mass is 588 g/mol. The first-order valence-electron chi connectivity index (χ1n) is 15.6. The molecule has 0 radical (unpaired) electrons. The van der Waals surface area contributed by atoms with Gasteiger partial charge in [0.2, 0.25) is 0 Å². The predicted octanol–water partition coefficient (Wildman–Crippen LogP) is 11.7. The maximum Gasteiger partial charge on any atom is 0.137 e. The third kappa shape index (κ3) is 3.07. The van der Waals surface area contributed by atoms with Gasteiger partial charge in [-0.1, -0.05) is 78.9 Å². The maximum atomic E-state index is 6.37. The quantitative estimate of drug-likeness (QED) is 0.201. The van der Waals surface area contributed by atoms with Crippen molar-refractivity contribution in [2.45, 2.75) is 0 Å². The van der Waals surface area contributed by atoms with Gasteiger partial charge >= 0.3 is 0 Å². The molecular formula is C42H24N2O2. The molecule has 0 fully saturated rings. The molecule has 0 aliphatic rings. The van der Waals surface area contributed by atoms with Gasteiger partial charge in [0, 0.05) is 60.5 Å². The van der Waals surface area contributed by atoms with Crippen molar-refractivity contribution in [2.24, 2.45) is 0 Å². The molecule has 7 aromatic carbocycles. The van der Waals surface area contributed by atoms with Crippen molar-refractivity contribution in [1.29, 1.82) is 0 Å². The molecule has 4 aromatic heterocycles. The molecule has 4 heterocycles. The molecule has 0 unspecified atom stereocenters. The molecule has 0 aliphatic heterocycles. The topological polar surface area (TPSA) is 36.1 Å². The van der Waals surface area contributed by atoms with E-state index in [4.69, 9.17) is 8.83 Å². The summed E-state index contributed by atoms with van der Waals surface area (Å²) in [5, 5.41) is 9.42.